The molecule has 1 aromatic heterocycles. The zero-order valence-corrected chi connectivity index (χ0v) is 14.7. The number of nitrogens with zero attached hydrogens (tertiary/aromatic N) is 2. The highest BCUT2D eigenvalue weighted by Gasteiger charge is 2.17. The Morgan fingerprint density at radius 2 is 1.67 bits per heavy atom. The number of hydrogen-bond acceptors (Lipinski definition) is 3. The molecule has 0 aliphatic carbocycles. The van der Waals surface area contributed by atoms with Gasteiger partial charge in [-0.25, -0.2) is 4.79 Å². The molecule has 134 valence electrons. The molecule has 0 aliphatic heterocycles. The van der Waals surface area contributed by atoms with Crippen LogP contribution in [0, 0.1) is 0 Å². The molecule has 6 heteroatoms. The van der Waals surface area contributed by atoms with Crippen LogP contribution < -0.4 is 15.9 Å². The molecule has 2 N–H and O–H groups in total. The quantitative estimate of drug-likeness (QED) is 0.535. The van der Waals surface area contributed by atoms with Gasteiger partial charge in [0.2, 0.25) is 6.41 Å². The van der Waals surface area contributed by atoms with E-state index in [1.807, 2.05) is 72.8 Å². The summed E-state index contributed by atoms with van der Waals surface area (Å²) in [6, 6.07) is 22.4. The summed E-state index contributed by atoms with van der Waals surface area (Å²) < 4.78 is 1.60. The van der Waals surface area contributed by atoms with E-state index >= 15 is 0 Å². The summed E-state index contributed by atoms with van der Waals surface area (Å²) in [5.74, 6) is 0. The van der Waals surface area contributed by atoms with Crippen LogP contribution in [-0.2, 0) is 4.79 Å². The third kappa shape index (κ3) is 2.87. The van der Waals surface area contributed by atoms with Crippen LogP contribution in [-0.4, -0.2) is 23.0 Å². The molecule has 0 spiro atoms. The minimum absolute atomic E-state index is 0.229. The highest BCUT2D eigenvalue weighted by Crippen LogP contribution is 2.34. The van der Waals surface area contributed by atoms with E-state index in [1.54, 1.807) is 16.5 Å². The number of hydrogen-bond donors (Lipinski definition) is 2. The lowest BCUT2D eigenvalue weighted by molar-refractivity contribution is -0.106. The molecule has 27 heavy (non-hydrogen) atoms. The maximum Gasteiger partial charge on any atom is 0.331 e. The number of fused-ring (bicyclic) bond motifs is 1. The molecule has 0 unspecified atom stereocenters. The van der Waals surface area contributed by atoms with Gasteiger partial charge < -0.3 is 10.3 Å². The van der Waals surface area contributed by atoms with Crippen molar-refractivity contribution in [2.24, 2.45) is 0 Å². The lowest BCUT2D eigenvalue weighted by atomic mass is 10.2. The fraction of sp³-hybridized carbons (Fsp3) is 0.0476. The molecular weight excluding hydrogens is 340 g/mol. The maximum atomic E-state index is 12.6. The first-order valence-electron chi connectivity index (χ1n) is 8.54. The number of carbonyl (C=O) groups excluding carboxylic acids is 1. The van der Waals surface area contributed by atoms with Crippen molar-refractivity contribution in [1.29, 1.82) is 0 Å². The molecule has 4 rings (SSSR count). The van der Waals surface area contributed by atoms with E-state index in [2.05, 4.69) is 10.3 Å². The number of H-pyrrole nitrogens is 1. The molecule has 1 heterocycles. The van der Waals surface area contributed by atoms with Gasteiger partial charge >= 0.3 is 5.69 Å². The van der Waals surface area contributed by atoms with Crippen LogP contribution in [0.4, 0.5) is 17.1 Å². The summed E-state index contributed by atoms with van der Waals surface area (Å²) in [6.45, 7) is 0. The van der Waals surface area contributed by atoms with Gasteiger partial charge in [0.25, 0.3) is 0 Å². The van der Waals surface area contributed by atoms with E-state index in [0.29, 0.717) is 16.7 Å². The average molecular weight is 358 g/mol. The van der Waals surface area contributed by atoms with Crippen molar-refractivity contribution in [3.05, 3.63) is 83.3 Å². The second-order valence-electron chi connectivity index (χ2n) is 6.05. The van der Waals surface area contributed by atoms with Gasteiger partial charge in [0.1, 0.15) is 0 Å². The molecule has 0 radical (unpaired) electrons. The Bertz CT molecular complexity index is 1150. The summed E-state index contributed by atoms with van der Waals surface area (Å²) in [6.07, 6.45) is 0.773. The summed E-state index contributed by atoms with van der Waals surface area (Å²) >= 11 is 0. The Labute approximate surface area is 155 Å². The molecular formula is C21H18N4O2. The zero-order chi connectivity index (χ0) is 18.8. The summed E-state index contributed by atoms with van der Waals surface area (Å²) in [5.41, 5.74) is 4.06. The minimum Gasteiger partial charge on any atom is -0.386 e. The van der Waals surface area contributed by atoms with Crippen LogP contribution in [0.5, 0.6) is 0 Å². The van der Waals surface area contributed by atoms with Gasteiger partial charge in [0.05, 0.1) is 28.1 Å². The van der Waals surface area contributed by atoms with Crippen LogP contribution >= 0.6 is 0 Å². The van der Waals surface area contributed by atoms with Crippen molar-refractivity contribution in [2.45, 2.75) is 0 Å². The molecule has 1 amide bonds. The van der Waals surface area contributed by atoms with Crippen molar-refractivity contribution in [2.75, 3.05) is 17.3 Å². The number of nitrogens with one attached hydrogen (secondary N) is 2. The first kappa shape index (κ1) is 16.7. The summed E-state index contributed by atoms with van der Waals surface area (Å²) in [7, 11) is 1.78. The molecule has 6 nitrogen and oxygen atoms in total. The van der Waals surface area contributed by atoms with Crippen LogP contribution in [0.25, 0.3) is 16.7 Å². The summed E-state index contributed by atoms with van der Waals surface area (Å²) in [5, 5.41) is 3.11. The third-order valence-electron chi connectivity index (χ3n) is 4.48. The predicted molar refractivity (Wildman–Crippen MR) is 108 cm³/mol. The molecule has 0 saturated heterocycles. The van der Waals surface area contributed by atoms with Gasteiger partial charge in [-0.3, -0.25) is 14.3 Å². The Morgan fingerprint density at radius 1 is 1.00 bits per heavy atom. The Morgan fingerprint density at radius 3 is 2.30 bits per heavy atom. The molecule has 0 fully saturated rings. The van der Waals surface area contributed by atoms with Crippen molar-refractivity contribution in [3.8, 4) is 5.69 Å². The molecule has 4 aromatic rings. The van der Waals surface area contributed by atoms with Gasteiger partial charge in [-0.2, -0.15) is 0 Å². The first-order valence-corrected chi connectivity index (χ1v) is 8.54. The van der Waals surface area contributed by atoms with E-state index in [1.165, 1.54) is 0 Å². The van der Waals surface area contributed by atoms with Crippen molar-refractivity contribution in [1.82, 2.24) is 9.55 Å². The lowest BCUT2D eigenvalue weighted by Crippen LogP contribution is -2.16. The maximum absolute atomic E-state index is 12.6. The minimum atomic E-state index is -0.229. The smallest absolute Gasteiger partial charge is 0.331 e. The number of imidazole rings is 1. The third-order valence-corrected chi connectivity index (χ3v) is 4.48. The van der Waals surface area contributed by atoms with Crippen LogP contribution in [0.3, 0.4) is 0 Å². The standard InChI is InChI=1S/C21H18N4O2/c1-22-17-12-18-20(25(21(27)23-18)16-10-6-3-7-11-16)13-19(17)24(14-26)15-8-4-2-5-9-15/h2-14,22H,1H3,(H,23,27). The van der Waals surface area contributed by atoms with Crippen molar-refractivity contribution < 1.29 is 4.79 Å². The second-order valence-corrected chi connectivity index (χ2v) is 6.05. The average Bonchev–Trinajstić information content (AvgIpc) is 3.04. The SMILES string of the molecule is CNc1cc2[nH]c(=O)n(-c3ccccc3)c2cc1N(C=O)c1ccccc1. The van der Waals surface area contributed by atoms with Gasteiger partial charge in [-0.05, 0) is 36.4 Å². The number of aromatic amines is 1. The van der Waals surface area contributed by atoms with E-state index < -0.39 is 0 Å². The highest BCUT2D eigenvalue weighted by molar-refractivity contribution is 5.97. The molecule has 0 saturated carbocycles. The number of benzene rings is 3. The van der Waals surface area contributed by atoms with E-state index in [0.717, 1.165) is 23.5 Å². The summed E-state index contributed by atoms with van der Waals surface area (Å²) in [4.78, 5) is 28.9. The van der Waals surface area contributed by atoms with Gasteiger partial charge in [0.15, 0.2) is 0 Å². The van der Waals surface area contributed by atoms with Gasteiger partial charge in [0, 0.05) is 12.7 Å². The van der Waals surface area contributed by atoms with Crippen LogP contribution in [0.2, 0.25) is 0 Å². The zero-order valence-electron chi connectivity index (χ0n) is 14.7. The van der Waals surface area contributed by atoms with Crippen molar-refractivity contribution >= 4 is 34.5 Å². The van der Waals surface area contributed by atoms with E-state index in [4.69, 9.17) is 0 Å². The Balaban J connectivity index is 1.98. The van der Waals surface area contributed by atoms with Gasteiger partial charge in [-0.1, -0.05) is 36.4 Å². The van der Waals surface area contributed by atoms with Gasteiger partial charge in [-0.15, -0.1) is 0 Å². The number of anilines is 3. The fourth-order valence-electron chi connectivity index (χ4n) is 3.22. The normalized spacial score (nSPS) is 10.7. The molecule has 0 aliphatic rings. The number of carbonyl (C=O) groups is 1. The molecule has 0 bridgehead atoms. The number of amides is 1. The fourth-order valence-corrected chi connectivity index (χ4v) is 3.22. The Kier molecular flexibility index (Phi) is 4.22. The van der Waals surface area contributed by atoms with E-state index in [9.17, 15) is 9.59 Å². The number of rotatable bonds is 5. The molecule has 0 atom stereocenters. The van der Waals surface area contributed by atoms with E-state index in [-0.39, 0.29) is 5.69 Å². The monoisotopic (exact) mass is 358 g/mol. The predicted octanol–water partition coefficient (Wildman–Crippen LogP) is 3.66. The second kappa shape index (κ2) is 6.84. The van der Waals surface area contributed by atoms with Crippen LogP contribution in [0.1, 0.15) is 0 Å². The van der Waals surface area contributed by atoms with Crippen molar-refractivity contribution in [3.63, 3.8) is 0 Å². The van der Waals surface area contributed by atoms with Crippen LogP contribution in [0.15, 0.2) is 77.6 Å². The largest absolute Gasteiger partial charge is 0.386 e. The lowest BCUT2D eigenvalue weighted by Gasteiger charge is -2.21. The highest BCUT2D eigenvalue weighted by atomic mass is 16.1. The number of aromatic nitrogens is 2. The molecule has 3 aromatic carbocycles. The first-order chi connectivity index (χ1) is 13.2. The number of para-hydroxylation sites is 2. The Hall–Kier alpha value is -3.80. The topological polar surface area (TPSA) is 70.1 Å².